The van der Waals surface area contributed by atoms with Crippen molar-refractivity contribution in [2.75, 3.05) is 19.0 Å². The molecule has 3 aromatic rings. The molecule has 2 atom stereocenters. The van der Waals surface area contributed by atoms with Crippen LogP contribution in [0.4, 0.5) is 11.5 Å². The Hall–Kier alpha value is -2.26. The molecule has 8 heteroatoms. The van der Waals surface area contributed by atoms with Crippen LogP contribution in [-0.4, -0.2) is 42.2 Å². The number of benzene rings is 2. The van der Waals surface area contributed by atoms with Crippen molar-refractivity contribution in [2.45, 2.75) is 114 Å². The zero-order chi connectivity index (χ0) is 30.3. The van der Waals surface area contributed by atoms with E-state index in [1.54, 1.807) is 7.11 Å². The van der Waals surface area contributed by atoms with Crippen molar-refractivity contribution in [3.63, 3.8) is 0 Å². The molecule has 2 aliphatic rings. The molecule has 1 aromatic heterocycles. The van der Waals surface area contributed by atoms with E-state index < -0.39 is 8.32 Å². The number of methoxy groups -OCH3 is 1. The molecular weight excluding hydrogens is 557 g/mol. The molecule has 228 valence electrons. The van der Waals surface area contributed by atoms with E-state index in [0.717, 1.165) is 56.0 Å². The van der Waals surface area contributed by atoms with E-state index in [1.165, 1.54) is 21.7 Å². The van der Waals surface area contributed by atoms with Crippen LogP contribution in [0, 0.1) is 0 Å². The Morgan fingerprint density at radius 3 is 2.40 bits per heavy atom. The topological polar surface area (TPSA) is 51.6 Å². The Bertz CT molecular complexity index is 1370. The van der Waals surface area contributed by atoms with E-state index in [4.69, 9.17) is 14.3 Å². The minimum absolute atomic E-state index is 0.123. The second-order valence-electron chi connectivity index (χ2n) is 14.5. The average molecular weight is 607 g/mol. The van der Waals surface area contributed by atoms with E-state index in [-0.39, 0.29) is 10.6 Å². The van der Waals surface area contributed by atoms with Gasteiger partial charge in [0.2, 0.25) is 0 Å². The Morgan fingerprint density at radius 2 is 1.74 bits per heavy atom. The molecule has 1 aliphatic carbocycles. The first-order valence-electron chi connectivity index (χ1n) is 15.5. The average Bonchev–Trinajstić information content (AvgIpc) is 3.55. The number of aromatic nitrogens is 2. The lowest BCUT2D eigenvalue weighted by Gasteiger charge is -2.38. The molecule has 0 radical (unpaired) electrons. The van der Waals surface area contributed by atoms with Crippen LogP contribution >= 0.6 is 11.9 Å². The smallest absolute Gasteiger partial charge is 0.192 e. The second kappa shape index (κ2) is 12.0. The molecule has 2 aromatic carbocycles. The van der Waals surface area contributed by atoms with Crippen molar-refractivity contribution in [1.82, 2.24) is 14.1 Å². The number of nitrogens with one attached hydrogen (secondary N) is 1. The fraction of sp³-hybridized carbons (Fsp3) is 0.559. The van der Waals surface area contributed by atoms with E-state index in [2.05, 4.69) is 105 Å². The summed E-state index contributed by atoms with van der Waals surface area (Å²) in [6.07, 6.45) is 4.71. The maximum absolute atomic E-state index is 6.80. The minimum atomic E-state index is -1.77. The molecule has 0 unspecified atom stereocenters. The molecule has 1 fully saturated rings. The predicted molar refractivity (Wildman–Crippen MR) is 179 cm³/mol. The van der Waals surface area contributed by atoms with E-state index in [0.29, 0.717) is 12.0 Å². The van der Waals surface area contributed by atoms with Crippen molar-refractivity contribution in [3.8, 4) is 5.75 Å². The van der Waals surface area contributed by atoms with Crippen LogP contribution in [0.2, 0.25) is 18.1 Å². The molecule has 0 spiro atoms. The molecule has 42 heavy (non-hydrogen) atoms. The van der Waals surface area contributed by atoms with Gasteiger partial charge in [-0.1, -0.05) is 32.9 Å². The lowest BCUT2D eigenvalue weighted by atomic mass is 10.0. The van der Waals surface area contributed by atoms with Gasteiger partial charge in [0.25, 0.3) is 0 Å². The first-order chi connectivity index (χ1) is 19.7. The van der Waals surface area contributed by atoms with Crippen LogP contribution in [0.15, 0.2) is 53.4 Å². The molecule has 0 saturated heterocycles. The molecule has 1 saturated carbocycles. The van der Waals surface area contributed by atoms with Crippen molar-refractivity contribution >= 4 is 31.8 Å². The minimum Gasteiger partial charge on any atom is -0.497 e. The molecule has 0 amide bonds. The highest BCUT2D eigenvalue weighted by molar-refractivity contribution is 7.97. The van der Waals surface area contributed by atoms with Crippen molar-refractivity contribution in [3.05, 3.63) is 65.4 Å². The number of rotatable bonds is 8. The van der Waals surface area contributed by atoms with Crippen LogP contribution in [-0.2, 0) is 22.9 Å². The summed E-state index contributed by atoms with van der Waals surface area (Å²) in [5.74, 6) is 2.41. The lowest BCUT2D eigenvalue weighted by Crippen LogP contribution is -2.43. The van der Waals surface area contributed by atoms with E-state index in [1.807, 2.05) is 24.1 Å². The normalized spacial score (nSPS) is 20.0. The summed E-state index contributed by atoms with van der Waals surface area (Å²) in [6.45, 7) is 20.3. The highest BCUT2D eigenvalue weighted by Gasteiger charge is 2.41. The van der Waals surface area contributed by atoms with Gasteiger partial charge in [0, 0.05) is 41.8 Å². The quantitative estimate of drug-likeness (QED) is 0.204. The van der Waals surface area contributed by atoms with E-state index >= 15 is 0 Å². The summed E-state index contributed by atoms with van der Waals surface area (Å²) in [5.41, 5.74) is 4.90. The Morgan fingerprint density at radius 1 is 1.00 bits per heavy atom. The Labute approximate surface area is 258 Å². The highest BCUT2D eigenvalue weighted by atomic mass is 32.2. The summed E-state index contributed by atoms with van der Waals surface area (Å²) in [4.78, 5) is 1.34. The Balaban J connectivity index is 1.27. The van der Waals surface area contributed by atoms with Gasteiger partial charge in [-0.15, -0.1) is 0 Å². The molecule has 5 rings (SSSR count). The van der Waals surface area contributed by atoms with Gasteiger partial charge in [0.05, 0.1) is 18.3 Å². The van der Waals surface area contributed by atoms with E-state index in [9.17, 15) is 0 Å². The standard InChI is InChI=1S/C34H50N4O2SSi/c1-33(2,3)38-32(22-30(36-38)25-12-16-29(21-25)40-42(8,9)34(4,5)6)35-27-13-17-31-26(20-27)18-19-37(41-31)23-24-10-14-28(39-7)15-11-24/h10-11,13-15,17,20,22,25,29,35H,12,16,18-19,21,23H2,1-9H3/t25-,29+/m0/s1. The van der Waals surface area contributed by atoms with Gasteiger partial charge in [0.15, 0.2) is 8.32 Å². The molecule has 6 nitrogen and oxygen atoms in total. The van der Waals surface area contributed by atoms with Gasteiger partial charge in [-0.25, -0.2) is 8.99 Å². The maximum atomic E-state index is 6.80. The number of fused-ring (bicyclic) bond motifs is 1. The fourth-order valence-electron chi connectivity index (χ4n) is 5.67. The number of hydrogen-bond donors (Lipinski definition) is 1. The van der Waals surface area contributed by atoms with Gasteiger partial charge in [-0.3, -0.25) is 0 Å². The van der Waals surface area contributed by atoms with Gasteiger partial charge >= 0.3 is 0 Å². The number of ether oxygens (including phenoxy) is 1. The zero-order valence-corrected chi connectivity index (χ0v) is 28.9. The largest absolute Gasteiger partial charge is 0.497 e. The first-order valence-corrected chi connectivity index (χ1v) is 19.1. The Kier molecular flexibility index (Phi) is 8.92. The van der Waals surface area contributed by atoms with Crippen molar-refractivity contribution in [1.29, 1.82) is 0 Å². The fourth-order valence-corrected chi connectivity index (χ4v) is 8.16. The molecule has 2 heterocycles. The third-order valence-electron chi connectivity index (χ3n) is 9.14. The lowest BCUT2D eigenvalue weighted by molar-refractivity contribution is 0.186. The van der Waals surface area contributed by atoms with Crippen LogP contribution in [0.3, 0.4) is 0 Å². The zero-order valence-electron chi connectivity index (χ0n) is 27.1. The SMILES string of the molecule is COc1ccc(CN2CCc3cc(Nc4cc([C@H]5CC[C@@H](O[Si](C)(C)C(C)(C)C)C5)nn4C(C)(C)C)ccc3S2)cc1. The molecule has 0 bridgehead atoms. The van der Waals surface area contributed by atoms with Gasteiger partial charge in [-0.2, -0.15) is 5.10 Å². The van der Waals surface area contributed by atoms with Gasteiger partial charge < -0.3 is 14.5 Å². The van der Waals surface area contributed by atoms with Crippen LogP contribution in [0.5, 0.6) is 5.75 Å². The predicted octanol–water partition coefficient (Wildman–Crippen LogP) is 9.11. The maximum Gasteiger partial charge on any atom is 0.192 e. The number of hydrogen-bond acceptors (Lipinski definition) is 6. The van der Waals surface area contributed by atoms with Crippen molar-refractivity contribution in [2.24, 2.45) is 0 Å². The third-order valence-corrected chi connectivity index (χ3v) is 14.8. The first kappa shape index (κ1) is 31.2. The highest BCUT2D eigenvalue weighted by Crippen LogP contribution is 2.43. The molecular formula is C34H50N4O2SSi. The number of anilines is 2. The summed E-state index contributed by atoms with van der Waals surface area (Å²) >= 11 is 1.86. The molecule has 1 aliphatic heterocycles. The number of nitrogens with zero attached hydrogens (tertiary/aromatic N) is 3. The van der Waals surface area contributed by atoms with Crippen LogP contribution in [0.1, 0.15) is 83.5 Å². The van der Waals surface area contributed by atoms with Gasteiger partial charge in [-0.05, 0) is 118 Å². The third kappa shape index (κ3) is 7.09. The van der Waals surface area contributed by atoms with Gasteiger partial charge in [0.1, 0.15) is 11.6 Å². The summed E-state index contributed by atoms with van der Waals surface area (Å²) in [6, 6.07) is 17.5. The van der Waals surface area contributed by atoms with Crippen molar-refractivity contribution < 1.29 is 9.16 Å². The summed E-state index contributed by atoms with van der Waals surface area (Å²) < 4.78 is 16.7. The molecule has 1 N–H and O–H groups in total. The van der Waals surface area contributed by atoms with Crippen LogP contribution < -0.4 is 10.1 Å². The monoisotopic (exact) mass is 606 g/mol. The summed E-state index contributed by atoms with van der Waals surface area (Å²) in [5, 5.41) is 9.16. The van der Waals surface area contributed by atoms with Crippen LogP contribution in [0.25, 0.3) is 0 Å². The second-order valence-corrected chi connectivity index (χ2v) is 20.4. The summed E-state index contributed by atoms with van der Waals surface area (Å²) in [7, 11) is -0.0641.